The summed E-state index contributed by atoms with van der Waals surface area (Å²) in [4.78, 5) is 24.0. The van der Waals surface area contributed by atoms with Crippen molar-refractivity contribution >= 4 is 5.97 Å². The molecule has 2 heterocycles. The highest BCUT2D eigenvalue weighted by atomic mass is 16.5. The maximum atomic E-state index is 12.4. The molecule has 6 nitrogen and oxygen atoms in total. The number of nitrogens with zero attached hydrogens (tertiary/aromatic N) is 1. The van der Waals surface area contributed by atoms with Crippen LogP contribution in [-0.2, 0) is 23.1 Å². The average Bonchev–Trinajstić information content (AvgIpc) is 2.68. The van der Waals surface area contributed by atoms with Crippen LogP contribution in [0.3, 0.4) is 0 Å². The van der Waals surface area contributed by atoms with Crippen LogP contribution in [0.2, 0.25) is 0 Å². The van der Waals surface area contributed by atoms with Gasteiger partial charge in [-0.1, -0.05) is 6.07 Å². The molecule has 1 aromatic carbocycles. The second-order valence-electron chi connectivity index (χ2n) is 7.99. The number of benzene rings is 1. The van der Waals surface area contributed by atoms with Gasteiger partial charge in [-0.05, 0) is 62.6 Å². The molecule has 0 bridgehead atoms. The minimum absolute atomic E-state index is 0.128. The lowest BCUT2D eigenvalue weighted by atomic mass is 9.69. The number of rotatable bonds is 7. The molecule has 0 unspecified atom stereocenters. The highest BCUT2D eigenvalue weighted by molar-refractivity contribution is 5.88. The second kappa shape index (κ2) is 7.67. The fraction of sp³-hybridized carbons (Fsp3) is 0.478. The molecule has 2 aliphatic rings. The van der Waals surface area contributed by atoms with Crippen LogP contribution >= 0.6 is 0 Å². The van der Waals surface area contributed by atoms with Crippen LogP contribution in [0.5, 0.6) is 5.75 Å². The summed E-state index contributed by atoms with van der Waals surface area (Å²) in [5.74, 6) is -0.376. The summed E-state index contributed by atoms with van der Waals surface area (Å²) in [7, 11) is 1.66. The Kier molecular flexibility index (Phi) is 5.21. The van der Waals surface area contributed by atoms with Gasteiger partial charge in [-0.3, -0.25) is 4.79 Å². The highest BCUT2D eigenvalue weighted by Gasteiger charge is 2.43. The molecule has 1 spiro atoms. The lowest BCUT2D eigenvalue weighted by Crippen LogP contribution is -2.46. The van der Waals surface area contributed by atoms with E-state index >= 15 is 0 Å². The molecule has 0 saturated heterocycles. The summed E-state index contributed by atoms with van der Waals surface area (Å²) in [6.45, 7) is 3.43. The predicted octanol–water partition coefficient (Wildman–Crippen LogP) is 3.63. The summed E-state index contributed by atoms with van der Waals surface area (Å²) in [6.07, 6.45) is 7.28. The number of ether oxygens (including phenoxy) is 2. The van der Waals surface area contributed by atoms with Gasteiger partial charge in [-0.25, -0.2) is 4.79 Å². The first-order chi connectivity index (χ1) is 14.0. The number of fused-ring (bicyclic) bond motifs is 4. The largest absolute Gasteiger partial charge is 0.496 e. The third kappa shape index (κ3) is 3.35. The van der Waals surface area contributed by atoms with Crippen LogP contribution in [0.15, 0.2) is 29.2 Å². The first-order valence-electron chi connectivity index (χ1n) is 10.3. The van der Waals surface area contributed by atoms with E-state index in [1.54, 1.807) is 13.3 Å². The Morgan fingerprint density at radius 2 is 2.07 bits per heavy atom. The summed E-state index contributed by atoms with van der Waals surface area (Å²) in [5.41, 5.74) is 3.37. The number of aromatic carboxylic acids is 1. The number of hydrogen-bond acceptors (Lipinski definition) is 4. The van der Waals surface area contributed by atoms with Gasteiger partial charge in [0.05, 0.1) is 12.8 Å². The van der Waals surface area contributed by atoms with E-state index in [0.717, 1.165) is 67.7 Å². The molecular weight excluding hydrogens is 370 g/mol. The van der Waals surface area contributed by atoms with E-state index < -0.39 is 11.4 Å². The number of methoxy groups -OCH3 is 1. The maximum Gasteiger partial charge on any atom is 0.341 e. The van der Waals surface area contributed by atoms with Crippen LogP contribution in [0.25, 0.3) is 11.3 Å². The second-order valence-corrected chi connectivity index (χ2v) is 7.99. The SMILES string of the molecule is CCOCCCc1cc2c(cc1OC)-c1cc(=O)c(C(=O)O)cn1C1(CCC1)C2. The normalized spacial score (nSPS) is 16.1. The van der Waals surface area contributed by atoms with Crippen LogP contribution in [-0.4, -0.2) is 36.0 Å². The molecular formula is C23H27NO5. The van der Waals surface area contributed by atoms with Crippen molar-refractivity contribution in [3.05, 3.63) is 51.3 Å². The van der Waals surface area contributed by atoms with E-state index in [9.17, 15) is 14.7 Å². The van der Waals surface area contributed by atoms with Crippen molar-refractivity contribution in [2.45, 2.75) is 51.0 Å². The molecule has 0 atom stereocenters. The topological polar surface area (TPSA) is 77.8 Å². The third-order valence-corrected chi connectivity index (χ3v) is 6.32. The minimum Gasteiger partial charge on any atom is -0.496 e. The average molecular weight is 397 g/mol. The molecule has 1 fully saturated rings. The van der Waals surface area contributed by atoms with E-state index in [1.807, 2.05) is 17.6 Å². The molecule has 6 heteroatoms. The molecule has 29 heavy (non-hydrogen) atoms. The molecule has 1 saturated carbocycles. The van der Waals surface area contributed by atoms with E-state index in [0.29, 0.717) is 6.61 Å². The summed E-state index contributed by atoms with van der Waals surface area (Å²) >= 11 is 0. The summed E-state index contributed by atoms with van der Waals surface area (Å²) in [5, 5.41) is 9.42. The number of aromatic nitrogens is 1. The number of carboxylic acids is 1. The fourth-order valence-electron chi connectivity index (χ4n) is 4.69. The zero-order valence-electron chi connectivity index (χ0n) is 17.0. The maximum absolute atomic E-state index is 12.4. The molecule has 4 rings (SSSR count). The highest BCUT2D eigenvalue weighted by Crippen LogP contribution is 2.49. The number of carbonyl (C=O) groups is 1. The number of hydrogen-bond donors (Lipinski definition) is 1. The first-order valence-corrected chi connectivity index (χ1v) is 10.3. The molecule has 0 radical (unpaired) electrons. The number of pyridine rings is 1. The van der Waals surface area contributed by atoms with Crippen molar-refractivity contribution < 1.29 is 19.4 Å². The van der Waals surface area contributed by atoms with Crippen molar-refractivity contribution in [1.29, 1.82) is 0 Å². The Morgan fingerprint density at radius 3 is 2.69 bits per heavy atom. The van der Waals surface area contributed by atoms with Gasteiger partial charge in [-0.15, -0.1) is 0 Å². The van der Waals surface area contributed by atoms with Crippen molar-refractivity contribution in [1.82, 2.24) is 4.57 Å². The van der Waals surface area contributed by atoms with E-state index in [2.05, 4.69) is 6.07 Å². The van der Waals surface area contributed by atoms with E-state index in [4.69, 9.17) is 9.47 Å². The molecule has 1 N–H and O–H groups in total. The third-order valence-electron chi connectivity index (χ3n) is 6.32. The van der Waals surface area contributed by atoms with Crippen LogP contribution in [0.4, 0.5) is 0 Å². The molecule has 1 aliphatic carbocycles. The van der Waals surface area contributed by atoms with Crippen molar-refractivity contribution in [3.8, 4) is 17.0 Å². The van der Waals surface area contributed by atoms with Gasteiger partial charge in [0.15, 0.2) is 5.43 Å². The Hall–Kier alpha value is -2.60. The van der Waals surface area contributed by atoms with Gasteiger partial charge in [0, 0.05) is 36.6 Å². The predicted molar refractivity (Wildman–Crippen MR) is 110 cm³/mol. The monoisotopic (exact) mass is 397 g/mol. The zero-order valence-corrected chi connectivity index (χ0v) is 17.0. The van der Waals surface area contributed by atoms with Gasteiger partial charge < -0.3 is 19.1 Å². The summed E-state index contributed by atoms with van der Waals surface area (Å²) in [6, 6.07) is 5.69. The van der Waals surface area contributed by atoms with Crippen molar-refractivity contribution in [2.75, 3.05) is 20.3 Å². The standard InChI is InChI=1S/C23H27NO5/c1-3-29-9-4-6-15-10-16-13-23(7-5-8-23)24-14-18(22(26)27)20(25)12-19(24)17(16)11-21(15)28-2/h10-12,14H,3-9,13H2,1-2H3,(H,26,27). The van der Waals surface area contributed by atoms with Crippen LogP contribution < -0.4 is 10.2 Å². The van der Waals surface area contributed by atoms with Gasteiger partial charge in [0.2, 0.25) is 0 Å². The zero-order chi connectivity index (χ0) is 20.6. The first kappa shape index (κ1) is 19.7. The molecule has 2 aromatic rings. The van der Waals surface area contributed by atoms with Gasteiger partial charge in [0.25, 0.3) is 0 Å². The Labute approximate surface area is 170 Å². The number of carboxylic acid groups (broad SMARTS) is 1. The Bertz CT molecular complexity index is 1000. The van der Waals surface area contributed by atoms with Gasteiger partial charge in [-0.2, -0.15) is 0 Å². The smallest absolute Gasteiger partial charge is 0.341 e. The molecule has 154 valence electrons. The quantitative estimate of drug-likeness (QED) is 0.722. The lowest BCUT2D eigenvalue weighted by Gasteiger charge is -2.49. The van der Waals surface area contributed by atoms with Crippen molar-refractivity contribution in [3.63, 3.8) is 0 Å². The van der Waals surface area contributed by atoms with Gasteiger partial charge in [0.1, 0.15) is 11.3 Å². The molecule has 1 aliphatic heterocycles. The fourth-order valence-corrected chi connectivity index (χ4v) is 4.69. The van der Waals surface area contributed by atoms with Crippen LogP contribution in [0, 0.1) is 0 Å². The molecule has 0 amide bonds. The van der Waals surface area contributed by atoms with Crippen LogP contribution in [0.1, 0.15) is 54.1 Å². The Balaban J connectivity index is 1.81. The lowest BCUT2D eigenvalue weighted by molar-refractivity contribution is 0.0691. The van der Waals surface area contributed by atoms with Gasteiger partial charge >= 0.3 is 5.97 Å². The van der Waals surface area contributed by atoms with Crippen molar-refractivity contribution in [2.24, 2.45) is 0 Å². The van der Waals surface area contributed by atoms with E-state index in [1.165, 1.54) is 11.6 Å². The summed E-state index contributed by atoms with van der Waals surface area (Å²) < 4.78 is 13.1. The van der Waals surface area contributed by atoms with E-state index in [-0.39, 0.29) is 11.1 Å². The Morgan fingerprint density at radius 1 is 1.28 bits per heavy atom. The number of aryl methyl sites for hydroxylation is 1. The minimum atomic E-state index is -1.17. The molecule has 1 aromatic heterocycles.